The van der Waals surface area contributed by atoms with Crippen molar-refractivity contribution in [1.82, 2.24) is 30.0 Å². The van der Waals surface area contributed by atoms with Crippen LogP contribution in [0, 0.1) is 5.92 Å². The maximum Gasteiger partial charge on any atom is 0.311 e. The van der Waals surface area contributed by atoms with Crippen LogP contribution in [0.3, 0.4) is 0 Å². The fourth-order valence-electron chi connectivity index (χ4n) is 6.02. The summed E-state index contributed by atoms with van der Waals surface area (Å²) < 4.78 is 16.5. The highest BCUT2D eigenvalue weighted by Gasteiger charge is 2.37. The molecule has 2 saturated heterocycles. The molecule has 17 heteroatoms. The molecule has 6 rings (SSSR count). The van der Waals surface area contributed by atoms with Crippen molar-refractivity contribution in [3.8, 4) is 11.5 Å². The number of rotatable bonds is 11. The molecule has 2 aromatic heterocycles. The van der Waals surface area contributed by atoms with Crippen molar-refractivity contribution in [3.05, 3.63) is 53.9 Å². The first-order valence-corrected chi connectivity index (χ1v) is 18.6. The Labute approximate surface area is 302 Å². The van der Waals surface area contributed by atoms with Gasteiger partial charge in [-0.2, -0.15) is 4.98 Å². The van der Waals surface area contributed by atoms with Crippen molar-refractivity contribution >= 4 is 69.0 Å². The first-order chi connectivity index (χ1) is 24.7. The standard InChI is InChI=1S/C34H38N8O7S2/c1-20(19-51-32(46)21-9-6-5-7-10-21)30(44)42-12-8-11-24(42)28(43)36-27-22-17-25(47-2)26(48-3)18-23(22)35-33(37-27)41-15-13-40(14-16-41)31(45)29-38-39-34(49-29)50-4/h5-7,9-10,17-18,20,24H,8,11-16,19H2,1-4H3,(H,35,36,37,43). The van der Waals surface area contributed by atoms with Crippen LogP contribution in [0.5, 0.6) is 11.5 Å². The van der Waals surface area contributed by atoms with Crippen molar-refractivity contribution in [1.29, 1.82) is 0 Å². The number of benzene rings is 2. The van der Waals surface area contributed by atoms with Crippen LogP contribution in [-0.2, 0) is 9.59 Å². The number of anilines is 2. The SMILES string of the molecule is COc1cc2nc(N3CCN(C(=O)c4nnc(SC)o4)CC3)nc(NC(=O)C3CCCN3C(=O)C(C)CSC(=O)c3ccccc3)c2cc1OC. The molecule has 2 aromatic carbocycles. The number of nitrogens with one attached hydrogen (secondary N) is 1. The summed E-state index contributed by atoms with van der Waals surface area (Å²) in [5.74, 6) is 0.356. The molecule has 2 unspecified atom stereocenters. The number of piperazine rings is 1. The normalized spacial score (nSPS) is 16.6. The second-order valence-corrected chi connectivity index (χ2v) is 13.7. The Kier molecular flexibility index (Phi) is 11.2. The van der Waals surface area contributed by atoms with Gasteiger partial charge in [0.15, 0.2) is 11.5 Å². The lowest BCUT2D eigenvalue weighted by Gasteiger charge is -2.34. The fraction of sp³-hybridized carbons (Fsp3) is 0.412. The van der Waals surface area contributed by atoms with E-state index in [4.69, 9.17) is 23.9 Å². The molecule has 2 atom stereocenters. The molecule has 2 fully saturated rings. The fourth-order valence-corrected chi connectivity index (χ4v) is 7.15. The van der Waals surface area contributed by atoms with Crippen LogP contribution in [0.15, 0.2) is 52.1 Å². The molecule has 51 heavy (non-hydrogen) atoms. The third-order valence-electron chi connectivity index (χ3n) is 8.78. The van der Waals surface area contributed by atoms with Gasteiger partial charge in [0.05, 0.1) is 19.7 Å². The summed E-state index contributed by atoms with van der Waals surface area (Å²) in [6.07, 6.45) is 2.94. The van der Waals surface area contributed by atoms with E-state index >= 15 is 0 Å². The number of methoxy groups -OCH3 is 2. The Morgan fingerprint density at radius 1 is 0.980 bits per heavy atom. The predicted octanol–water partition coefficient (Wildman–Crippen LogP) is 3.85. The van der Waals surface area contributed by atoms with Crippen LogP contribution < -0.4 is 19.7 Å². The molecule has 0 spiro atoms. The summed E-state index contributed by atoms with van der Waals surface area (Å²) >= 11 is 2.36. The van der Waals surface area contributed by atoms with E-state index in [0.717, 1.165) is 11.8 Å². The van der Waals surface area contributed by atoms with E-state index in [2.05, 4.69) is 15.5 Å². The number of thioether (sulfide) groups is 2. The molecule has 4 heterocycles. The molecular weight excluding hydrogens is 697 g/mol. The van der Waals surface area contributed by atoms with Gasteiger partial charge in [0.25, 0.3) is 5.22 Å². The summed E-state index contributed by atoms with van der Waals surface area (Å²) in [6.45, 7) is 3.75. The van der Waals surface area contributed by atoms with Gasteiger partial charge in [-0.3, -0.25) is 19.2 Å². The van der Waals surface area contributed by atoms with Crippen molar-refractivity contribution in [2.75, 3.05) is 69.2 Å². The van der Waals surface area contributed by atoms with Gasteiger partial charge < -0.3 is 33.9 Å². The molecule has 0 aliphatic carbocycles. The van der Waals surface area contributed by atoms with Gasteiger partial charge in [0, 0.05) is 61.4 Å². The number of carbonyl (C=O) groups excluding carboxylic acids is 4. The van der Waals surface area contributed by atoms with Crippen molar-refractivity contribution < 1.29 is 33.1 Å². The molecule has 268 valence electrons. The second-order valence-electron chi connectivity index (χ2n) is 12.0. The van der Waals surface area contributed by atoms with Gasteiger partial charge >= 0.3 is 11.8 Å². The zero-order chi connectivity index (χ0) is 36.1. The number of amides is 3. The summed E-state index contributed by atoms with van der Waals surface area (Å²) in [5, 5.41) is 11.4. The third kappa shape index (κ3) is 7.88. The van der Waals surface area contributed by atoms with Crippen molar-refractivity contribution in [3.63, 3.8) is 0 Å². The minimum atomic E-state index is -0.714. The van der Waals surface area contributed by atoms with E-state index in [1.807, 2.05) is 11.0 Å². The summed E-state index contributed by atoms with van der Waals surface area (Å²) in [4.78, 5) is 67.9. The Morgan fingerprint density at radius 3 is 2.39 bits per heavy atom. The number of nitrogens with zero attached hydrogens (tertiary/aromatic N) is 7. The molecule has 3 amide bonds. The predicted molar refractivity (Wildman–Crippen MR) is 193 cm³/mol. The first kappa shape index (κ1) is 35.9. The molecule has 15 nitrogen and oxygen atoms in total. The molecule has 0 saturated carbocycles. The number of hydrogen-bond donors (Lipinski definition) is 1. The van der Waals surface area contributed by atoms with E-state index in [0.29, 0.717) is 90.5 Å². The first-order valence-electron chi connectivity index (χ1n) is 16.4. The van der Waals surface area contributed by atoms with Crippen LogP contribution in [0.25, 0.3) is 10.9 Å². The number of likely N-dealkylation sites (tertiary alicyclic amines) is 1. The van der Waals surface area contributed by atoms with Gasteiger partial charge in [0.1, 0.15) is 11.9 Å². The van der Waals surface area contributed by atoms with E-state index in [-0.39, 0.29) is 34.5 Å². The molecule has 0 radical (unpaired) electrons. The number of ether oxygens (including phenoxy) is 2. The smallest absolute Gasteiger partial charge is 0.311 e. The van der Waals surface area contributed by atoms with E-state index in [9.17, 15) is 19.2 Å². The summed E-state index contributed by atoms with van der Waals surface area (Å²) in [6, 6.07) is 11.6. The summed E-state index contributed by atoms with van der Waals surface area (Å²) in [5.41, 5.74) is 1.09. The van der Waals surface area contributed by atoms with Gasteiger partial charge in [-0.15, -0.1) is 10.2 Å². The third-order valence-corrected chi connectivity index (χ3v) is 10.5. The van der Waals surface area contributed by atoms with Gasteiger partial charge in [0.2, 0.25) is 22.9 Å². The molecule has 2 aliphatic rings. The average molecular weight is 735 g/mol. The quantitative estimate of drug-likeness (QED) is 0.220. The lowest BCUT2D eigenvalue weighted by molar-refractivity contribution is -0.139. The highest BCUT2D eigenvalue weighted by Crippen LogP contribution is 2.36. The molecule has 0 bridgehead atoms. The number of carbonyl (C=O) groups is 4. The Bertz CT molecular complexity index is 1920. The Balaban J connectivity index is 1.19. The van der Waals surface area contributed by atoms with Crippen molar-refractivity contribution in [2.24, 2.45) is 5.92 Å². The number of fused-ring (bicyclic) bond motifs is 1. The molecule has 4 aromatic rings. The second kappa shape index (κ2) is 16.0. The van der Waals surface area contributed by atoms with Crippen LogP contribution in [0.1, 0.15) is 40.8 Å². The molecule has 1 N–H and O–H groups in total. The molecular formula is C34H38N8O7S2. The van der Waals surface area contributed by atoms with Crippen LogP contribution in [0.4, 0.5) is 11.8 Å². The minimum Gasteiger partial charge on any atom is -0.493 e. The van der Waals surface area contributed by atoms with E-state index in [1.54, 1.807) is 59.4 Å². The van der Waals surface area contributed by atoms with Crippen LogP contribution >= 0.6 is 23.5 Å². The Hall–Kier alpha value is -4.90. The number of aromatic nitrogens is 4. The zero-order valence-electron chi connectivity index (χ0n) is 28.7. The minimum absolute atomic E-state index is 0.0611. The van der Waals surface area contributed by atoms with Gasteiger partial charge in [-0.25, -0.2) is 4.98 Å². The van der Waals surface area contributed by atoms with Gasteiger partial charge in [-0.1, -0.05) is 60.8 Å². The zero-order valence-corrected chi connectivity index (χ0v) is 30.3. The van der Waals surface area contributed by atoms with Crippen molar-refractivity contribution in [2.45, 2.75) is 31.0 Å². The summed E-state index contributed by atoms with van der Waals surface area (Å²) in [7, 11) is 3.04. The van der Waals surface area contributed by atoms with Crippen LogP contribution in [0.2, 0.25) is 0 Å². The topological polar surface area (TPSA) is 173 Å². The maximum absolute atomic E-state index is 13.9. The lowest BCUT2D eigenvalue weighted by Crippen LogP contribution is -2.49. The van der Waals surface area contributed by atoms with Crippen LogP contribution in [-0.4, -0.2) is 118 Å². The Morgan fingerprint density at radius 2 is 1.71 bits per heavy atom. The maximum atomic E-state index is 13.9. The van der Waals surface area contributed by atoms with Gasteiger partial charge in [-0.05, 0) is 25.2 Å². The highest BCUT2D eigenvalue weighted by atomic mass is 32.2. The monoisotopic (exact) mass is 734 g/mol. The van der Waals surface area contributed by atoms with E-state index in [1.165, 1.54) is 26.0 Å². The highest BCUT2D eigenvalue weighted by molar-refractivity contribution is 8.14. The van der Waals surface area contributed by atoms with E-state index < -0.39 is 12.0 Å². The lowest BCUT2D eigenvalue weighted by atomic mass is 10.1. The molecule has 2 aliphatic heterocycles. The average Bonchev–Trinajstić information content (AvgIpc) is 3.87. The largest absolute Gasteiger partial charge is 0.493 e. The number of hydrogen-bond acceptors (Lipinski definition) is 14.